The normalized spacial score (nSPS) is 27.7. The predicted molar refractivity (Wildman–Crippen MR) is 78.0 cm³/mol. The van der Waals surface area contributed by atoms with Crippen molar-refractivity contribution in [2.24, 2.45) is 5.41 Å². The van der Waals surface area contributed by atoms with Crippen molar-refractivity contribution in [2.45, 2.75) is 51.2 Å². The number of hydrogen-bond acceptors (Lipinski definition) is 2. The fourth-order valence-corrected chi connectivity index (χ4v) is 3.44. The van der Waals surface area contributed by atoms with Crippen molar-refractivity contribution in [3.8, 4) is 0 Å². The van der Waals surface area contributed by atoms with Crippen LogP contribution in [0.2, 0.25) is 0 Å². The van der Waals surface area contributed by atoms with E-state index in [0.29, 0.717) is 17.5 Å². The first-order valence-corrected chi connectivity index (χ1v) is 7.73. The Hall–Kier alpha value is -1.00. The molecule has 1 unspecified atom stereocenters. The zero-order valence-corrected chi connectivity index (χ0v) is 12.7. The number of nitrogens with one attached hydrogen (secondary N) is 1. The van der Waals surface area contributed by atoms with Crippen molar-refractivity contribution in [3.63, 3.8) is 0 Å². The summed E-state index contributed by atoms with van der Waals surface area (Å²) in [6.45, 7) is 5.89. The lowest BCUT2D eigenvalue weighted by Gasteiger charge is -2.48. The average Bonchev–Trinajstić information content (AvgIpc) is 2.46. The highest BCUT2D eigenvalue weighted by molar-refractivity contribution is 5.22. The molecule has 116 valence electrons. The Morgan fingerprint density at radius 3 is 2.57 bits per heavy atom. The van der Waals surface area contributed by atoms with E-state index in [4.69, 9.17) is 4.74 Å². The molecule has 2 fully saturated rings. The van der Waals surface area contributed by atoms with Crippen LogP contribution < -0.4 is 5.32 Å². The molecular formula is C17H23F2NO. The summed E-state index contributed by atoms with van der Waals surface area (Å²) in [7, 11) is 0. The molecule has 2 aliphatic rings. The van der Waals surface area contributed by atoms with Crippen LogP contribution in [0.4, 0.5) is 8.78 Å². The lowest BCUT2D eigenvalue weighted by atomic mass is 9.70. The second-order valence-electron chi connectivity index (χ2n) is 7.23. The van der Waals surface area contributed by atoms with Crippen molar-refractivity contribution in [1.82, 2.24) is 5.32 Å². The second kappa shape index (κ2) is 5.33. The molecule has 0 bridgehead atoms. The quantitative estimate of drug-likeness (QED) is 0.846. The SMILES string of the molecule is CC1(C)CCC2(CC1)CNCC(c1cccc(F)c1F)O2. The summed E-state index contributed by atoms with van der Waals surface area (Å²) in [6.07, 6.45) is 3.75. The molecule has 1 heterocycles. The van der Waals surface area contributed by atoms with Crippen LogP contribution >= 0.6 is 0 Å². The van der Waals surface area contributed by atoms with E-state index in [-0.39, 0.29) is 5.60 Å². The van der Waals surface area contributed by atoms with E-state index < -0.39 is 17.7 Å². The van der Waals surface area contributed by atoms with Crippen molar-refractivity contribution in [3.05, 3.63) is 35.4 Å². The van der Waals surface area contributed by atoms with E-state index in [1.165, 1.54) is 0 Å². The van der Waals surface area contributed by atoms with Crippen LogP contribution in [-0.4, -0.2) is 18.7 Å². The van der Waals surface area contributed by atoms with Gasteiger partial charge in [-0.25, -0.2) is 8.78 Å². The van der Waals surface area contributed by atoms with Crippen LogP contribution in [0.15, 0.2) is 18.2 Å². The number of halogens is 2. The topological polar surface area (TPSA) is 21.3 Å². The Kier molecular flexibility index (Phi) is 3.78. The molecule has 1 aromatic rings. The van der Waals surface area contributed by atoms with Gasteiger partial charge in [-0.3, -0.25) is 0 Å². The fourth-order valence-electron chi connectivity index (χ4n) is 3.44. The third kappa shape index (κ3) is 2.97. The monoisotopic (exact) mass is 295 g/mol. The zero-order valence-electron chi connectivity index (χ0n) is 12.7. The van der Waals surface area contributed by atoms with Gasteiger partial charge in [-0.2, -0.15) is 0 Å². The van der Waals surface area contributed by atoms with Gasteiger partial charge in [-0.1, -0.05) is 26.0 Å². The molecule has 1 spiro atoms. The largest absolute Gasteiger partial charge is 0.364 e. The van der Waals surface area contributed by atoms with Gasteiger partial charge in [0, 0.05) is 18.7 Å². The molecule has 21 heavy (non-hydrogen) atoms. The van der Waals surface area contributed by atoms with Gasteiger partial charge in [0.25, 0.3) is 0 Å². The molecular weight excluding hydrogens is 272 g/mol. The van der Waals surface area contributed by atoms with E-state index in [1.807, 2.05) is 0 Å². The van der Waals surface area contributed by atoms with Gasteiger partial charge in [-0.05, 0) is 37.2 Å². The van der Waals surface area contributed by atoms with E-state index >= 15 is 0 Å². The molecule has 4 heteroatoms. The van der Waals surface area contributed by atoms with Crippen LogP contribution in [0, 0.1) is 17.0 Å². The van der Waals surface area contributed by atoms with Gasteiger partial charge in [0.05, 0.1) is 11.7 Å². The summed E-state index contributed by atoms with van der Waals surface area (Å²) in [5.41, 5.74) is 0.453. The molecule has 1 saturated heterocycles. The van der Waals surface area contributed by atoms with E-state index in [2.05, 4.69) is 19.2 Å². The standard InChI is InChI=1S/C17H23F2NO/c1-16(2)6-8-17(9-7-16)11-20-10-14(21-17)12-4-3-5-13(18)15(12)19/h3-5,14,20H,6-11H2,1-2H3. The smallest absolute Gasteiger partial charge is 0.164 e. The van der Waals surface area contributed by atoms with Gasteiger partial charge in [-0.15, -0.1) is 0 Å². The maximum atomic E-state index is 14.0. The third-order valence-corrected chi connectivity index (χ3v) is 5.01. The highest BCUT2D eigenvalue weighted by Crippen LogP contribution is 2.45. The number of ether oxygens (including phenoxy) is 1. The molecule has 3 rings (SSSR count). The molecule has 0 radical (unpaired) electrons. The molecule has 2 nitrogen and oxygen atoms in total. The maximum absolute atomic E-state index is 14.0. The Morgan fingerprint density at radius 2 is 1.86 bits per heavy atom. The Morgan fingerprint density at radius 1 is 1.14 bits per heavy atom. The predicted octanol–water partition coefficient (Wildman–Crippen LogP) is 3.96. The minimum Gasteiger partial charge on any atom is -0.364 e. The van der Waals surface area contributed by atoms with E-state index in [0.717, 1.165) is 38.3 Å². The van der Waals surface area contributed by atoms with Crippen LogP contribution in [0.25, 0.3) is 0 Å². The minimum atomic E-state index is -0.805. The summed E-state index contributed by atoms with van der Waals surface area (Å²) < 4.78 is 33.7. The van der Waals surface area contributed by atoms with Crippen molar-refractivity contribution in [2.75, 3.05) is 13.1 Å². The Labute approximate surface area is 124 Å². The number of hydrogen-bond donors (Lipinski definition) is 1. The van der Waals surface area contributed by atoms with Crippen LogP contribution in [0.3, 0.4) is 0 Å². The lowest BCUT2D eigenvalue weighted by molar-refractivity contribution is -0.148. The average molecular weight is 295 g/mol. The lowest BCUT2D eigenvalue weighted by Crippen LogP contribution is -2.53. The third-order valence-electron chi connectivity index (χ3n) is 5.01. The van der Waals surface area contributed by atoms with Gasteiger partial charge >= 0.3 is 0 Å². The Bertz CT molecular complexity index is 520. The summed E-state index contributed by atoms with van der Waals surface area (Å²) in [5, 5.41) is 3.35. The van der Waals surface area contributed by atoms with Gasteiger partial charge in [0.1, 0.15) is 0 Å². The summed E-state index contributed by atoms with van der Waals surface area (Å²) >= 11 is 0. The van der Waals surface area contributed by atoms with Gasteiger partial charge in [0.2, 0.25) is 0 Å². The van der Waals surface area contributed by atoms with Crippen LogP contribution in [0.1, 0.15) is 51.2 Å². The van der Waals surface area contributed by atoms with E-state index in [1.54, 1.807) is 12.1 Å². The van der Waals surface area contributed by atoms with Gasteiger partial charge < -0.3 is 10.1 Å². The molecule has 1 aliphatic carbocycles. The molecule has 1 aromatic carbocycles. The highest BCUT2D eigenvalue weighted by Gasteiger charge is 2.43. The van der Waals surface area contributed by atoms with Crippen molar-refractivity contribution in [1.29, 1.82) is 0 Å². The van der Waals surface area contributed by atoms with Crippen molar-refractivity contribution < 1.29 is 13.5 Å². The van der Waals surface area contributed by atoms with Gasteiger partial charge in [0.15, 0.2) is 11.6 Å². The summed E-state index contributed by atoms with van der Waals surface area (Å²) in [6, 6.07) is 4.31. The molecule has 1 atom stereocenters. The first kappa shape index (κ1) is 14.9. The first-order chi connectivity index (χ1) is 9.91. The van der Waals surface area contributed by atoms with Crippen LogP contribution in [0.5, 0.6) is 0 Å². The highest BCUT2D eigenvalue weighted by atomic mass is 19.2. The molecule has 0 aromatic heterocycles. The number of rotatable bonds is 1. The number of benzene rings is 1. The van der Waals surface area contributed by atoms with Crippen LogP contribution in [-0.2, 0) is 4.74 Å². The van der Waals surface area contributed by atoms with Crippen molar-refractivity contribution >= 4 is 0 Å². The summed E-state index contributed by atoms with van der Waals surface area (Å²) in [5.74, 6) is -1.59. The molecule has 1 N–H and O–H groups in total. The maximum Gasteiger partial charge on any atom is 0.164 e. The minimum absolute atomic E-state index is 0.225. The Balaban J connectivity index is 1.79. The number of morpholine rings is 1. The second-order valence-corrected chi connectivity index (χ2v) is 7.23. The first-order valence-electron chi connectivity index (χ1n) is 7.73. The molecule has 0 amide bonds. The zero-order chi connectivity index (χ0) is 15.1. The van der Waals surface area contributed by atoms with E-state index in [9.17, 15) is 8.78 Å². The molecule has 1 saturated carbocycles. The molecule has 1 aliphatic heterocycles. The fraction of sp³-hybridized carbons (Fsp3) is 0.647. The summed E-state index contributed by atoms with van der Waals surface area (Å²) in [4.78, 5) is 0.